The first-order chi connectivity index (χ1) is 5.36. The van der Waals surface area contributed by atoms with E-state index in [4.69, 9.17) is 16.9 Å². The number of hydrogen-bond donors (Lipinski definition) is 0. The highest BCUT2D eigenvalue weighted by Gasteiger charge is 1.99. The fourth-order valence-electron chi connectivity index (χ4n) is 0.825. The lowest BCUT2D eigenvalue weighted by atomic mass is 10.3. The number of rotatable bonds is 2. The van der Waals surface area contributed by atoms with Crippen molar-refractivity contribution < 1.29 is 4.57 Å². The molecule has 1 aromatic heterocycles. The molecular weight excluding hydrogens is 160 g/mol. The molecule has 0 fully saturated rings. The van der Waals surface area contributed by atoms with Gasteiger partial charge in [-0.25, -0.2) is 4.57 Å². The molecule has 0 amide bonds. The molecule has 1 rings (SSSR count). The van der Waals surface area contributed by atoms with Crippen molar-refractivity contribution in [2.75, 3.05) is 5.88 Å². The summed E-state index contributed by atoms with van der Waals surface area (Å²) in [6.07, 6.45) is 3.67. The van der Waals surface area contributed by atoms with Crippen LogP contribution in [0.25, 0.3) is 0 Å². The summed E-state index contributed by atoms with van der Waals surface area (Å²) in [5.74, 6) is 0.569. The molecule has 0 aliphatic rings. The average molecular weight is 168 g/mol. The molecule has 0 aromatic carbocycles. The summed E-state index contributed by atoms with van der Waals surface area (Å²) in [5.41, 5.74) is 0.664. The van der Waals surface area contributed by atoms with E-state index in [-0.39, 0.29) is 0 Å². The van der Waals surface area contributed by atoms with Crippen molar-refractivity contribution in [1.82, 2.24) is 0 Å². The number of halogens is 1. The molecule has 56 valence electrons. The average Bonchev–Trinajstić information content (AvgIpc) is 2.06. The summed E-state index contributed by atoms with van der Waals surface area (Å²) in [6.45, 7) is 0.747. The van der Waals surface area contributed by atoms with E-state index in [1.807, 2.05) is 16.8 Å². The summed E-state index contributed by atoms with van der Waals surface area (Å²) in [5, 5.41) is 8.53. The van der Waals surface area contributed by atoms with Gasteiger partial charge in [0.2, 0.25) is 0 Å². The van der Waals surface area contributed by atoms with Crippen LogP contribution >= 0.6 is 11.6 Å². The molecule has 0 radical (unpaired) electrons. The van der Waals surface area contributed by atoms with E-state index in [1.54, 1.807) is 12.3 Å². The van der Waals surface area contributed by atoms with Gasteiger partial charge in [0, 0.05) is 6.07 Å². The molecule has 0 saturated heterocycles. The third-order valence-electron chi connectivity index (χ3n) is 1.33. The highest BCUT2D eigenvalue weighted by Crippen LogP contribution is 1.89. The molecule has 0 saturated carbocycles. The molecule has 0 N–H and O–H groups in total. The van der Waals surface area contributed by atoms with Gasteiger partial charge in [0.05, 0.1) is 5.88 Å². The van der Waals surface area contributed by atoms with Crippen LogP contribution in [0.3, 0.4) is 0 Å². The van der Waals surface area contributed by atoms with E-state index < -0.39 is 0 Å². The minimum atomic E-state index is 0.569. The summed E-state index contributed by atoms with van der Waals surface area (Å²) < 4.78 is 1.89. The number of alkyl halides is 1. The van der Waals surface area contributed by atoms with E-state index in [0.717, 1.165) is 6.54 Å². The maximum absolute atomic E-state index is 8.53. The smallest absolute Gasteiger partial charge is 0.186 e. The van der Waals surface area contributed by atoms with Crippen LogP contribution in [0, 0.1) is 11.3 Å². The number of aryl methyl sites for hydroxylation is 1. The molecule has 11 heavy (non-hydrogen) atoms. The van der Waals surface area contributed by atoms with E-state index in [0.29, 0.717) is 11.4 Å². The maximum Gasteiger partial charge on any atom is 0.186 e. The number of aromatic nitrogens is 1. The standard InChI is InChI=1S/C8H8ClN2/c9-3-5-11-4-1-2-8(6-10)7-11/h1-2,4,7H,3,5H2/q+1. The van der Waals surface area contributed by atoms with Gasteiger partial charge >= 0.3 is 0 Å². The molecule has 0 spiro atoms. The Morgan fingerprint density at radius 3 is 3.09 bits per heavy atom. The Morgan fingerprint density at radius 1 is 1.64 bits per heavy atom. The minimum absolute atomic E-state index is 0.569. The van der Waals surface area contributed by atoms with Gasteiger partial charge in [-0.2, -0.15) is 5.26 Å². The summed E-state index contributed by atoms with van der Waals surface area (Å²) in [4.78, 5) is 0. The van der Waals surface area contributed by atoms with Crippen molar-refractivity contribution in [3.05, 3.63) is 30.1 Å². The van der Waals surface area contributed by atoms with Crippen LogP contribution < -0.4 is 4.57 Å². The highest BCUT2D eigenvalue weighted by molar-refractivity contribution is 6.17. The second-order valence-corrected chi connectivity index (χ2v) is 2.51. The van der Waals surface area contributed by atoms with Gasteiger partial charge < -0.3 is 0 Å². The SMILES string of the molecule is N#Cc1ccc[n+](CCCl)c1. The Labute approximate surface area is 70.7 Å². The molecule has 3 heteroatoms. The second-order valence-electron chi connectivity index (χ2n) is 2.13. The summed E-state index contributed by atoms with van der Waals surface area (Å²) in [6, 6.07) is 5.67. The van der Waals surface area contributed by atoms with Crippen molar-refractivity contribution in [3.8, 4) is 6.07 Å². The van der Waals surface area contributed by atoms with Gasteiger partial charge in [-0.15, -0.1) is 11.6 Å². The minimum Gasteiger partial charge on any atom is -0.203 e. The van der Waals surface area contributed by atoms with Gasteiger partial charge in [-0.05, 0) is 6.07 Å². The lowest BCUT2D eigenvalue weighted by Crippen LogP contribution is -2.33. The van der Waals surface area contributed by atoms with E-state index in [2.05, 4.69) is 6.07 Å². The highest BCUT2D eigenvalue weighted by atomic mass is 35.5. The molecule has 1 heterocycles. The normalized spacial score (nSPS) is 9.09. The predicted octanol–water partition coefficient (Wildman–Crippen LogP) is 1.08. The predicted molar refractivity (Wildman–Crippen MR) is 42.1 cm³/mol. The van der Waals surface area contributed by atoms with Crippen LogP contribution in [0.5, 0.6) is 0 Å². The van der Waals surface area contributed by atoms with E-state index in [9.17, 15) is 0 Å². The molecule has 0 aliphatic carbocycles. The zero-order chi connectivity index (χ0) is 8.10. The molecule has 0 bridgehead atoms. The molecular formula is C8H8ClN2+. The van der Waals surface area contributed by atoms with Crippen LogP contribution in [0.4, 0.5) is 0 Å². The van der Waals surface area contributed by atoms with E-state index >= 15 is 0 Å². The third kappa shape index (κ3) is 2.21. The second kappa shape index (κ2) is 3.95. The largest absolute Gasteiger partial charge is 0.203 e. The fourth-order valence-corrected chi connectivity index (χ4v) is 1.02. The summed E-state index contributed by atoms with van der Waals surface area (Å²) in [7, 11) is 0. The zero-order valence-electron chi connectivity index (χ0n) is 6.00. The molecule has 0 aliphatic heterocycles. The van der Waals surface area contributed by atoms with Gasteiger partial charge in [0.15, 0.2) is 18.9 Å². The molecule has 0 atom stereocenters. The van der Waals surface area contributed by atoms with Gasteiger partial charge in [0.25, 0.3) is 0 Å². The molecule has 1 aromatic rings. The van der Waals surface area contributed by atoms with Crippen molar-refractivity contribution in [3.63, 3.8) is 0 Å². The molecule has 2 nitrogen and oxygen atoms in total. The van der Waals surface area contributed by atoms with Crippen molar-refractivity contribution in [1.29, 1.82) is 5.26 Å². The zero-order valence-corrected chi connectivity index (χ0v) is 6.75. The fraction of sp³-hybridized carbons (Fsp3) is 0.250. The Morgan fingerprint density at radius 2 is 2.45 bits per heavy atom. The Hall–Kier alpha value is -1.07. The monoisotopic (exact) mass is 167 g/mol. The Balaban J connectivity index is 2.85. The topological polar surface area (TPSA) is 27.7 Å². The third-order valence-corrected chi connectivity index (χ3v) is 1.50. The van der Waals surface area contributed by atoms with Crippen LogP contribution in [-0.2, 0) is 6.54 Å². The van der Waals surface area contributed by atoms with E-state index in [1.165, 1.54) is 0 Å². The van der Waals surface area contributed by atoms with Crippen LogP contribution in [-0.4, -0.2) is 5.88 Å². The molecule has 0 unspecified atom stereocenters. The van der Waals surface area contributed by atoms with Crippen molar-refractivity contribution >= 4 is 11.6 Å². The van der Waals surface area contributed by atoms with Crippen LogP contribution in [0.2, 0.25) is 0 Å². The van der Waals surface area contributed by atoms with Crippen LogP contribution in [0.15, 0.2) is 24.5 Å². The first-order valence-electron chi connectivity index (χ1n) is 3.32. The Kier molecular flexibility index (Phi) is 2.88. The Bertz CT molecular complexity index is 278. The first kappa shape index (κ1) is 8.03. The van der Waals surface area contributed by atoms with Crippen molar-refractivity contribution in [2.24, 2.45) is 0 Å². The van der Waals surface area contributed by atoms with Gasteiger partial charge in [0.1, 0.15) is 11.6 Å². The maximum atomic E-state index is 8.53. The lowest BCUT2D eigenvalue weighted by molar-refractivity contribution is -0.692. The first-order valence-corrected chi connectivity index (χ1v) is 3.85. The number of pyridine rings is 1. The number of hydrogen-bond acceptors (Lipinski definition) is 1. The number of nitriles is 1. The summed E-state index contributed by atoms with van der Waals surface area (Å²) >= 11 is 5.53. The number of nitrogens with zero attached hydrogens (tertiary/aromatic N) is 2. The van der Waals surface area contributed by atoms with Gasteiger partial charge in [-0.3, -0.25) is 0 Å². The van der Waals surface area contributed by atoms with Crippen LogP contribution in [0.1, 0.15) is 5.56 Å². The lowest BCUT2D eigenvalue weighted by Gasteiger charge is -1.90. The van der Waals surface area contributed by atoms with Gasteiger partial charge in [-0.1, -0.05) is 0 Å². The quantitative estimate of drug-likeness (QED) is 0.479. The van der Waals surface area contributed by atoms with Crippen molar-refractivity contribution in [2.45, 2.75) is 6.54 Å².